The van der Waals surface area contributed by atoms with Crippen LogP contribution in [0.5, 0.6) is 0 Å². The summed E-state index contributed by atoms with van der Waals surface area (Å²) in [6, 6.07) is 15.3. The molecule has 5 nitrogen and oxygen atoms in total. The van der Waals surface area contributed by atoms with Crippen molar-refractivity contribution >= 4 is 38.9 Å². The van der Waals surface area contributed by atoms with E-state index in [0.717, 1.165) is 36.1 Å². The van der Waals surface area contributed by atoms with Gasteiger partial charge in [-0.25, -0.2) is 9.59 Å². The monoisotopic (exact) mass is 486 g/mol. The van der Waals surface area contributed by atoms with Crippen LogP contribution < -0.4 is 10.4 Å². The average Bonchev–Trinajstić information content (AvgIpc) is 2.79. The molecule has 0 N–H and O–H groups in total. The third-order valence-corrected chi connectivity index (χ3v) is 13.1. The summed E-state index contributed by atoms with van der Waals surface area (Å²) in [5.74, 6) is -0.559. The molecule has 7 heteroatoms. The van der Waals surface area contributed by atoms with Gasteiger partial charge in [0.1, 0.15) is 0 Å². The van der Waals surface area contributed by atoms with Crippen LogP contribution in [0.15, 0.2) is 48.5 Å². The number of ether oxygens (including phenoxy) is 2. The van der Waals surface area contributed by atoms with Crippen LogP contribution in [-0.2, 0) is 13.6 Å². The first kappa shape index (κ1) is 27.0. The minimum Gasteiger partial charge on any atom is -0.462 e. The van der Waals surface area contributed by atoms with Gasteiger partial charge in [-0.15, -0.1) is 0 Å². The van der Waals surface area contributed by atoms with Gasteiger partial charge in [0.15, 0.2) is 0 Å². The molecule has 0 saturated heterocycles. The first-order chi connectivity index (χ1) is 15.6. The van der Waals surface area contributed by atoms with E-state index in [-0.39, 0.29) is 11.9 Å². The van der Waals surface area contributed by atoms with Crippen molar-refractivity contribution < 1.29 is 23.2 Å². The van der Waals surface area contributed by atoms with Gasteiger partial charge in [0.05, 0.1) is 24.3 Å². The summed E-state index contributed by atoms with van der Waals surface area (Å²) in [7, 11) is -4.45. The van der Waals surface area contributed by atoms with Crippen molar-refractivity contribution in [1.82, 2.24) is 0 Å². The van der Waals surface area contributed by atoms with Crippen LogP contribution in [0, 0.1) is 0 Å². The molecule has 0 aliphatic carbocycles. The predicted octanol–water partition coefficient (Wildman–Crippen LogP) is 5.14. The van der Waals surface area contributed by atoms with E-state index in [4.69, 9.17) is 13.6 Å². The highest BCUT2D eigenvalue weighted by molar-refractivity contribution is 6.96. The molecule has 0 heterocycles. The Kier molecular flexibility index (Phi) is 10.1. The van der Waals surface area contributed by atoms with E-state index in [1.807, 2.05) is 48.5 Å². The lowest BCUT2D eigenvalue weighted by Gasteiger charge is -2.34. The molecule has 0 amide bonds. The van der Waals surface area contributed by atoms with Crippen molar-refractivity contribution in [3.63, 3.8) is 0 Å². The Hall–Kier alpha value is -2.23. The fourth-order valence-electron chi connectivity index (χ4n) is 3.56. The lowest BCUT2D eigenvalue weighted by molar-refractivity contribution is 0.0490. The standard InChI is InChI=1S/C26H38O5Si2/c1-7-9-19-29-25(27)21-11-15-23(16-12-21)32(3,4)31-33(5,6)24-17-13-22(14-18-24)26(28)30-20-10-8-2/h11-18H,7-10,19-20H2,1-6H3. The fourth-order valence-corrected chi connectivity index (χ4v) is 11.5. The molecule has 33 heavy (non-hydrogen) atoms. The number of carbonyl (C=O) groups excluding carboxylic acids is 2. The molecule has 2 rings (SSSR count). The molecule has 0 atom stereocenters. The third-order valence-electron chi connectivity index (χ3n) is 5.60. The number of esters is 2. The Balaban J connectivity index is 2.06. The molecule has 0 aromatic heterocycles. The Labute approximate surface area is 200 Å². The predicted molar refractivity (Wildman–Crippen MR) is 139 cm³/mol. The summed E-state index contributed by atoms with van der Waals surface area (Å²) in [5.41, 5.74) is 1.13. The van der Waals surface area contributed by atoms with Crippen LogP contribution in [-0.4, -0.2) is 41.8 Å². The summed E-state index contributed by atoms with van der Waals surface area (Å²) < 4.78 is 17.4. The van der Waals surface area contributed by atoms with Gasteiger partial charge in [0.25, 0.3) is 0 Å². The second kappa shape index (κ2) is 12.3. The molecule has 0 fully saturated rings. The molecule has 0 aliphatic rings. The van der Waals surface area contributed by atoms with Gasteiger partial charge < -0.3 is 13.6 Å². The van der Waals surface area contributed by atoms with E-state index in [0.29, 0.717) is 24.3 Å². The number of benzene rings is 2. The average molecular weight is 487 g/mol. The van der Waals surface area contributed by atoms with Crippen molar-refractivity contribution in [3.05, 3.63) is 59.7 Å². The largest absolute Gasteiger partial charge is 0.462 e. The van der Waals surface area contributed by atoms with Gasteiger partial charge >= 0.3 is 11.9 Å². The molecule has 0 aliphatic heterocycles. The van der Waals surface area contributed by atoms with E-state index in [1.54, 1.807) is 0 Å². The highest BCUT2D eigenvalue weighted by Gasteiger charge is 2.36. The van der Waals surface area contributed by atoms with Gasteiger partial charge in [-0.1, -0.05) is 51.0 Å². The Morgan fingerprint density at radius 2 is 0.970 bits per heavy atom. The zero-order valence-electron chi connectivity index (χ0n) is 20.9. The number of rotatable bonds is 12. The quantitative estimate of drug-likeness (QED) is 0.236. The summed E-state index contributed by atoms with van der Waals surface area (Å²) in [5, 5.41) is 2.26. The summed E-state index contributed by atoms with van der Waals surface area (Å²) in [6.45, 7) is 13.7. The molecule has 180 valence electrons. The molecular formula is C26H38O5Si2. The summed E-state index contributed by atoms with van der Waals surface area (Å²) >= 11 is 0. The number of hydrogen-bond donors (Lipinski definition) is 0. The van der Waals surface area contributed by atoms with Gasteiger partial charge in [-0.3, -0.25) is 0 Å². The SMILES string of the molecule is CCCCOC(=O)c1ccc([Si](C)(C)O[Si](C)(C)c2ccc(C(=O)OCCCC)cc2)cc1. The molecule has 0 bridgehead atoms. The zero-order valence-corrected chi connectivity index (χ0v) is 22.9. The van der Waals surface area contributed by atoms with Crippen LogP contribution in [0.25, 0.3) is 0 Å². The van der Waals surface area contributed by atoms with Crippen LogP contribution in [0.3, 0.4) is 0 Å². The molecule has 2 aromatic rings. The smallest absolute Gasteiger partial charge is 0.338 e. The van der Waals surface area contributed by atoms with Crippen molar-refractivity contribution in [2.45, 2.75) is 65.7 Å². The molecule has 0 unspecified atom stereocenters. The van der Waals surface area contributed by atoms with E-state index >= 15 is 0 Å². The van der Waals surface area contributed by atoms with Crippen LogP contribution in [0.4, 0.5) is 0 Å². The maximum absolute atomic E-state index is 12.2. The lowest BCUT2D eigenvalue weighted by Crippen LogP contribution is -2.57. The molecule has 0 saturated carbocycles. The highest BCUT2D eigenvalue weighted by Crippen LogP contribution is 2.17. The van der Waals surface area contributed by atoms with Gasteiger partial charge in [0.2, 0.25) is 16.6 Å². The minimum absolute atomic E-state index is 0.279. The summed E-state index contributed by atoms with van der Waals surface area (Å²) in [4.78, 5) is 24.4. The van der Waals surface area contributed by atoms with Gasteiger partial charge in [-0.2, -0.15) is 0 Å². The van der Waals surface area contributed by atoms with Crippen molar-refractivity contribution in [2.75, 3.05) is 13.2 Å². The van der Waals surface area contributed by atoms with Crippen molar-refractivity contribution in [2.24, 2.45) is 0 Å². The molecular weight excluding hydrogens is 448 g/mol. The topological polar surface area (TPSA) is 61.8 Å². The first-order valence-electron chi connectivity index (χ1n) is 11.9. The number of hydrogen-bond acceptors (Lipinski definition) is 5. The fraction of sp³-hybridized carbons (Fsp3) is 0.462. The van der Waals surface area contributed by atoms with Crippen molar-refractivity contribution in [1.29, 1.82) is 0 Å². The second-order valence-electron chi connectivity index (χ2n) is 9.26. The van der Waals surface area contributed by atoms with Crippen LogP contribution >= 0.6 is 0 Å². The minimum atomic E-state index is -2.23. The maximum atomic E-state index is 12.2. The van der Waals surface area contributed by atoms with Crippen LogP contribution in [0.2, 0.25) is 26.2 Å². The van der Waals surface area contributed by atoms with Crippen molar-refractivity contribution in [3.8, 4) is 0 Å². The summed E-state index contributed by atoms with van der Waals surface area (Å²) in [6.07, 6.45) is 3.74. The van der Waals surface area contributed by atoms with E-state index in [2.05, 4.69) is 40.0 Å². The van der Waals surface area contributed by atoms with Gasteiger partial charge in [0, 0.05) is 0 Å². The van der Waals surface area contributed by atoms with Gasteiger partial charge in [-0.05, 0) is 73.7 Å². The lowest BCUT2D eigenvalue weighted by atomic mass is 10.2. The highest BCUT2D eigenvalue weighted by atomic mass is 28.4. The Morgan fingerprint density at radius 3 is 1.27 bits per heavy atom. The number of carbonyl (C=O) groups is 2. The third kappa shape index (κ3) is 7.94. The van der Waals surface area contributed by atoms with E-state index in [1.165, 1.54) is 0 Å². The molecule has 0 spiro atoms. The maximum Gasteiger partial charge on any atom is 0.338 e. The van der Waals surface area contributed by atoms with E-state index in [9.17, 15) is 9.59 Å². The van der Waals surface area contributed by atoms with E-state index < -0.39 is 16.6 Å². The van der Waals surface area contributed by atoms with Crippen LogP contribution in [0.1, 0.15) is 60.2 Å². The zero-order chi connectivity index (χ0) is 24.5. The number of unbranched alkanes of at least 4 members (excludes halogenated alkanes) is 2. The molecule has 2 aromatic carbocycles. The Bertz CT molecular complexity index is 830. The Morgan fingerprint density at radius 1 is 0.636 bits per heavy atom. The first-order valence-corrected chi connectivity index (χ1v) is 17.7. The second-order valence-corrected chi connectivity index (χ2v) is 17.3. The normalized spacial score (nSPS) is 11.8. The molecule has 0 radical (unpaired) electrons.